The number of amides is 1. The third kappa shape index (κ3) is 3.37. The summed E-state index contributed by atoms with van der Waals surface area (Å²) in [6.45, 7) is 1.37. The number of hydrogen-bond acceptors (Lipinski definition) is 4. The maximum atomic E-state index is 11.7. The molecule has 1 heterocycles. The topological polar surface area (TPSA) is 68.3 Å². The summed E-state index contributed by atoms with van der Waals surface area (Å²) in [5.41, 5.74) is 1.53. The number of nitrogens with zero attached hydrogens (tertiary/aromatic N) is 1. The summed E-state index contributed by atoms with van der Waals surface area (Å²) in [5, 5.41) is 3.30. The Morgan fingerprint density at radius 2 is 1.82 bits per heavy atom. The molecule has 1 aromatic heterocycles. The van der Waals surface area contributed by atoms with E-state index in [1.54, 1.807) is 24.3 Å². The lowest BCUT2D eigenvalue weighted by Crippen LogP contribution is -2.11. The first-order chi connectivity index (χ1) is 10.4. The maximum absolute atomic E-state index is 11.7. The number of ether oxygens (including phenoxy) is 1. The molecule has 1 aromatic carbocycles. The maximum Gasteiger partial charge on any atom is 0.358 e. The van der Waals surface area contributed by atoms with Crippen LogP contribution >= 0.6 is 23.2 Å². The fourth-order valence-electron chi connectivity index (χ4n) is 1.91. The Morgan fingerprint density at radius 3 is 2.36 bits per heavy atom. The lowest BCUT2D eigenvalue weighted by Gasteiger charge is -2.14. The number of carbonyl (C=O) groups excluding carboxylic acids is 2. The number of anilines is 1. The summed E-state index contributed by atoms with van der Waals surface area (Å²) in [5.74, 6) is -0.937. The predicted molar refractivity (Wildman–Crippen MR) is 85.3 cm³/mol. The average molecular weight is 339 g/mol. The van der Waals surface area contributed by atoms with Gasteiger partial charge >= 0.3 is 5.97 Å². The van der Waals surface area contributed by atoms with Crippen LogP contribution in [0.15, 0.2) is 30.5 Å². The number of nitrogens with one attached hydrogen (secondary N) is 1. The number of esters is 1. The third-order valence-corrected chi connectivity index (χ3v) is 3.46. The standard InChI is InChI=1S/C15H12Cl2N2O3/c1-8(20)19-11-7-18-14(15(21)22-2)13(17)12(11)9-3-5-10(16)6-4-9/h3-7H,1-2H3,(H,19,20). The number of benzene rings is 1. The molecule has 7 heteroatoms. The van der Waals surface area contributed by atoms with Crippen LogP contribution < -0.4 is 5.32 Å². The number of carbonyl (C=O) groups is 2. The number of rotatable bonds is 3. The van der Waals surface area contributed by atoms with Gasteiger partial charge in [0.15, 0.2) is 5.69 Å². The highest BCUT2D eigenvalue weighted by Crippen LogP contribution is 2.37. The van der Waals surface area contributed by atoms with E-state index in [1.165, 1.54) is 20.2 Å². The van der Waals surface area contributed by atoms with Crippen molar-refractivity contribution in [1.29, 1.82) is 0 Å². The van der Waals surface area contributed by atoms with Gasteiger partial charge in [0.2, 0.25) is 5.91 Å². The fraction of sp³-hybridized carbons (Fsp3) is 0.133. The Labute approximate surface area is 137 Å². The minimum absolute atomic E-state index is 0.0248. The molecule has 2 rings (SSSR count). The van der Waals surface area contributed by atoms with Gasteiger partial charge in [-0.1, -0.05) is 35.3 Å². The number of pyridine rings is 1. The first kappa shape index (κ1) is 16.3. The molecule has 0 aliphatic heterocycles. The Kier molecular flexibility index (Phi) is 5.00. The van der Waals surface area contributed by atoms with Crippen molar-refractivity contribution in [2.45, 2.75) is 6.92 Å². The van der Waals surface area contributed by atoms with Crippen LogP contribution in [0.2, 0.25) is 10.0 Å². The molecule has 0 saturated heterocycles. The molecule has 0 fully saturated rings. The monoisotopic (exact) mass is 338 g/mol. The molecule has 0 aliphatic rings. The van der Waals surface area contributed by atoms with Crippen LogP contribution in [0.25, 0.3) is 11.1 Å². The van der Waals surface area contributed by atoms with Gasteiger partial charge in [0.05, 0.1) is 24.0 Å². The van der Waals surface area contributed by atoms with E-state index in [4.69, 9.17) is 23.2 Å². The Bertz CT molecular complexity index is 730. The van der Waals surface area contributed by atoms with Crippen molar-refractivity contribution in [2.75, 3.05) is 12.4 Å². The average Bonchev–Trinajstić information content (AvgIpc) is 2.48. The molecule has 0 unspecified atom stereocenters. The lowest BCUT2D eigenvalue weighted by atomic mass is 10.0. The number of hydrogen-bond donors (Lipinski definition) is 1. The van der Waals surface area contributed by atoms with Gasteiger partial charge < -0.3 is 10.1 Å². The highest BCUT2D eigenvalue weighted by molar-refractivity contribution is 6.37. The molecule has 2 aromatic rings. The Morgan fingerprint density at radius 1 is 1.18 bits per heavy atom. The lowest BCUT2D eigenvalue weighted by molar-refractivity contribution is -0.114. The molecular weight excluding hydrogens is 327 g/mol. The van der Waals surface area contributed by atoms with Gasteiger partial charge in [0.25, 0.3) is 0 Å². The van der Waals surface area contributed by atoms with Crippen LogP contribution in [0.5, 0.6) is 0 Å². The quantitative estimate of drug-likeness (QED) is 0.864. The summed E-state index contributed by atoms with van der Waals surface area (Å²) in [4.78, 5) is 27.0. The van der Waals surface area contributed by atoms with E-state index in [0.29, 0.717) is 21.8 Å². The largest absolute Gasteiger partial charge is 0.464 e. The van der Waals surface area contributed by atoms with E-state index in [0.717, 1.165) is 0 Å². The summed E-state index contributed by atoms with van der Waals surface area (Å²) < 4.78 is 4.65. The Balaban J connectivity index is 2.67. The first-order valence-corrected chi connectivity index (χ1v) is 7.00. The zero-order chi connectivity index (χ0) is 16.3. The van der Waals surface area contributed by atoms with Gasteiger partial charge in [-0.25, -0.2) is 9.78 Å². The zero-order valence-corrected chi connectivity index (χ0v) is 13.3. The summed E-state index contributed by atoms with van der Waals surface area (Å²) in [6, 6.07) is 6.83. The molecule has 22 heavy (non-hydrogen) atoms. The van der Waals surface area contributed by atoms with Crippen LogP contribution in [-0.2, 0) is 9.53 Å². The van der Waals surface area contributed by atoms with Crippen molar-refractivity contribution < 1.29 is 14.3 Å². The Hall–Kier alpha value is -2.11. The molecule has 0 atom stereocenters. The van der Waals surface area contributed by atoms with Crippen molar-refractivity contribution in [3.63, 3.8) is 0 Å². The van der Waals surface area contributed by atoms with E-state index in [-0.39, 0.29) is 16.6 Å². The second kappa shape index (κ2) is 6.77. The minimum Gasteiger partial charge on any atom is -0.464 e. The van der Waals surface area contributed by atoms with Gasteiger partial charge in [-0.2, -0.15) is 0 Å². The van der Waals surface area contributed by atoms with Crippen molar-refractivity contribution in [3.8, 4) is 11.1 Å². The number of aromatic nitrogens is 1. The van der Waals surface area contributed by atoms with Crippen LogP contribution in [0.1, 0.15) is 17.4 Å². The summed E-state index contributed by atoms with van der Waals surface area (Å²) >= 11 is 12.2. The van der Waals surface area contributed by atoms with Crippen molar-refractivity contribution >= 4 is 40.8 Å². The molecule has 5 nitrogen and oxygen atoms in total. The van der Waals surface area contributed by atoms with Gasteiger partial charge in [0, 0.05) is 17.5 Å². The molecule has 0 radical (unpaired) electrons. The summed E-state index contributed by atoms with van der Waals surface area (Å²) in [7, 11) is 1.24. The second-order valence-corrected chi connectivity index (χ2v) is 5.20. The fourth-order valence-corrected chi connectivity index (χ4v) is 2.37. The smallest absolute Gasteiger partial charge is 0.358 e. The molecule has 1 N–H and O–H groups in total. The number of methoxy groups -OCH3 is 1. The van der Waals surface area contributed by atoms with Crippen LogP contribution in [0.4, 0.5) is 5.69 Å². The molecule has 0 bridgehead atoms. The molecule has 0 saturated carbocycles. The predicted octanol–water partition coefficient (Wildman–Crippen LogP) is 3.80. The molecule has 1 amide bonds. The van der Waals surface area contributed by atoms with Crippen LogP contribution in [0, 0.1) is 0 Å². The van der Waals surface area contributed by atoms with E-state index < -0.39 is 5.97 Å². The van der Waals surface area contributed by atoms with Gasteiger partial charge in [-0.05, 0) is 17.7 Å². The van der Waals surface area contributed by atoms with E-state index >= 15 is 0 Å². The molecule has 114 valence electrons. The summed E-state index contributed by atoms with van der Waals surface area (Å²) in [6.07, 6.45) is 1.36. The van der Waals surface area contributed by atoms with E-state index in [9.17, 15) is 9.59 Å². The van der Waals surface area contributed by atoms with Gasteiger partial charge in [-0.15, -0.1) is 0 Å². The van der Waals surface area contributed by atoms with Gasteiger partial charge in [-0.3, -0.25) is 4.79 Å². The van der Waals surface area contributed by atoms with E-state index in [1.807, 2.05) is 0 Å². The molecule has 0 aliphatic carbocycles. The van der Waals surface area contributed by atoms with Gasteiger partial charge in [0.1, 0.15) is 0 Å². The van der Waals surface area contributed by atoms with E-state index in [2.05, 4.69) is 15.0 Å². The highest BCUT2D eigenvalue weighted by Gasteiger charge is 2.20. The SMILES string of the molecule is COC(=O)c1ncc(NC(C)=O)c(-c2ccc(Cl)cc2)c1Cl. The van der Waals surface area contributed by atoms with Crippen LogP contribution in [-0.4, -0.2) is 24.0 Å². The normalized spacial score (nSPS) is 10.2. The zero-order valence-electron chi connectivity index (χ0n) is 11.8. The minimum atomic E-state index is -0.658. The van der Waals surface area contributed by atoms with Crippen LogP contribution in [0.3, 0.4) is 0 Å². The number of halogens is 2. The highest BCUT2D eigenvalue weighted by atomic mass is 35.5. The first-order valence-electron chi connectivity index (χ1n) is 6.24. The van der Waals surface area contributed by atoms with Crippen molar-refractivity contribution in [1.82, 2.24) is 4.98 Å². The van der Waals surface area contributed by atoms with Crippen molar-refractivity contribution in [3.05, 3.63) is 46.2 Å². The second-order valence-electron chi connectivity index (χ2n) is 4.39. The molecule has 0 spiro atoms. The third-order valence-electron chi connectivity index (χ3n) is 2.84. The molecular formula is C15H12Cl2N2O3. The van der Waals surface area contributed by atoms with Crippen molar-refractivity contribution in [2.24, 2.45) is 0 Å².